The van der Waals surface area contributed by atoms with Gasteiger partial charge in [-0.25, -0.2) is 0 Å². The number of anilines is 1. The van der Waals surface area contributed by atoms with Crippen molar-refractivity contribution in [1.82, 2.24) is 5.32 Å². The molecular weight excluding hydrogens is 308 g/mol. The van der Waals surface area contributed by atoms with Gasteiger partial charge in [0.15, 0.2) is 6.10 Å². The quantitative estimate of drug-likeness (QED) is 0.796. The monoisotopic (exact) mass is 330 g/mol. The van der Waals surface area contributed by atoms with E-state index in [2.05, 4.69) is 5.32 Å². The summed E-state index contributed by atoms with van der Waals surface area (Å²) >= 11 is 0. The van der Waals surface area contributed by atoms with Crippen LogP contribution in [-0.2, 0) is 9.59 Å². The minimum absolute atomic E-state index is 0.0405. The van der Waals surface area contributed by atoms with Gasteiger partial charge in [0.05, 0.1) is 5.69 Å². The molecule has 3 atom stereocenters. The maximum atomic E-state index is 12.4. The Kier molecular flexibility index (Phi) is 4.85. The van der Waals surface area contributed by atoms with Crippen molar-refractivity contribution in [3.8, 4) is 5.75 Å². The third-order valence-corrected chi connectivity index (χ3v) is 4.39. The number of benzene rings is 1. The van der Waals surface area contributed by atoms with Crippen LogP contribution in [0.5, 0.6) is 5.75 Å². The molecule has 2 amide bonds. The highest BCUT2D eigenvalue weighted by atomic mass is 16.5. The van der Waals surface area contributed by atoms with Crippen LogP contribution in [0.15, 0.2) is 36.4 Å². The van der Waals surface area contributed by atoms with Crippen molar-refractivity contribution in [3.05, 3.63) is 36.4 Å². The van der Waals surface area contributed by atoms with Crippen molar-refractivity contribution in [3.63, 3.8) is 0 Å². The summed E-state index contributed by atoms with van der Waals surface area (Å²) in [5.74, 6) is 0.536. The fourth-order valence-corrected chi connectivity index (χ4v) is 3.10. The standard InChI is InChI=1S/C18H22N2O4/c1-12-18(23)20(15-4-2-3-5-16(15)24-12)9-8-17(22)19-14-7-6-13(10-14)11-21/h2-7,12-14,21H,8-11H2,1H3,(H,19,22)/t12-,13-,14+/m0/s1. The lowest BCUT2D eigenvalue weighted by atomic mass is 10.1. The van der Waals surface area contributed by atoms with Gasteiger partial charge in [-0.15, -0.1) is 0 Å². The van der Waals surface area contributed by atoms with E-state index >= 15 is 0 Å². The van der Waals surface area contributed by atoms with E-state index in [0.717, 1.165) is 6.42 Å². The molecule has 1 aromatic rings. The van der Waals surface area contributed by atoms with E-state index in [9.17, 15) is 9.59 Å². The normalized spacial score (nSPS) is 25.3. The van der Waals surface area contributed by atoms with Crippen LogP contribution in [-0.4, -0.2) is 42.2 Å². The number of fused-ring (bicyclic) bond motifs is 1. The lowest BCUT2D eigenvalue weighted by molar-refractivity contribution is -0.125. The van der Waals surface area contributed by atoms with Gasteiger partial charge in [0.2, 0.25) is 5.91 Å². The minimum atomic E-state index is -0.550. The Morgan fingerprint density at radius 3 is 2.92 bits per heavy atom. The van der Waals surface area contributed by atoms with Crippen LogP contribution in [0, 0.1) is 5.92 Å². The number of aliphatic hydroxyl groups is 1. The highest BCUT2D eigenvalue weighted by molar-refractivity contribution is 6.00. The fraction of sp³-hybridized carbons (Fsp3) is 0.444. The second kappa shape index (κ2) is 7.05. The van der Waals surface area contributed by atoms with Crippen molar-refractivity contribution < 1.29 is 19.4 Å². The lowest BCUT2D eigenvalue weighted by Crippen LogP contribution is -2.46. The second-order valence-electron chi connectivity index (χ2n) is 6.20. The number of para-hydroxylation sites is 2. The zero-order chi connectivity index (χ0) is 17.1. The average molecular weight is 330 g/mol. The number of carbonyl (C=O) groups is 2. The molecule has 0 radical (unpaired) electrons. The average Bonchev–Trinajstić information content (AvgIpc) is 3.03. The van der Waals surface area contributed by atoms with Crippen LogP contribution in [0.4, 0.5) is 5.69 Å². The van der Waals surface area contributed by atoms with E-state index in [1.165, 1.54) is 0 Å². The molecule has 3 rings (SSSR count). The molecule has 1 aliphatic heterocycles. The zero-order valence-corrected chi connectivity index (χ0v) is 13.6. The summed E-state index contributed by atoms with van der Waals surface area (Å²) in [6.45, 7) is 2.12. The summed E-state index contributed by atoms with van der Waals surface area (Å²) in [5, 5.41) is 12.0. The number of carbonyl (C=O) groups excluding carboxylic acids is 2. The maximum absolute atomic E-state index is 12.4. The first kappa shape index (κ1) is 16.5. The van der Waals surface area contributed by atoms with Crippen molar-refractivity contribution in [2.24, 2.45) is 5.92 Å². The molecule has 1 aromatic carbocycles. The molecule has 1 heterocycles. The molecule has 0 aromatic heterocycles. The number of rotatable bonds is 5. The summed E-state index contributed by atoms with van der Waals surface area (Å²) in [6.07, 6.45) is 4.23. The lowest BCUT2D eigenvalue weighted by Gasteiger charge is -2.32. The molecule has 0 unspecified atom stereocenters. The number of amides is 2. The van der Waals surface area contributed by atoms with Gasteiger partial charge in [-0.05, 0) is 25.5 Å². The first-order valence-electron chi connectivity index (χ1n) is 8.24. The van der Waals surface area contributed by atoms with Crippen LogP contribution in [0.3, 0.4) is 0 Å². The zero-order valence-electron chi connectivity index (χ0n) is 13.6. The van der Waals surface area contributed by atoms with Gasteiger partial charge in [0.25, 0.3) is 5.91 Å². The first-order valence-corrected chi connectivity index (χ1v) is 8.24. The number of hydrogen-bond acceptors (Lipinski definition) is 4. The maximum Gasteiger partial charge on any atom is 0.267 e. The second-order valence-corrected chi connectivity index (χ2v) is 6.20. The highest BCUT2D eigenvalue weighted by Crippen LogP contribution is 2.33. The summed E-state index contributed by atoms with van der Waals surface area (Å²) in [6, 6.07) is 7.31. The Bertz CT molecular complexity index is 658. The molecular formula is C18H22N2O4. The third kappa shape index (κ3) is 3.43. The first-order chi connectivity index (χ1) is 11.6. The molecule has 2 N–H and O–H groups in total. The van der Waals surface area contributed by atoms with E-state index in [0.29, 0.717) is 18.0 Å². The molecule has 6 heteroatoms. The van der Waals surface area contributed by atoms with Crippen LogP contribution >= 0.6 is 0 Å². The predicted octanol–water partition coefficient (Wildman–Crippen LogP) is 1.24. The molecule has 24 heavy (non-hydrogen) atoms. The summed E-state index contributed by atoms with van der Waals surface area (Å²) in [7, 11) is 0. The highest BCUT2D eigenvalue weighted by Gasteiger charge is 2.31. The van der Waals surface area contributed by atoms with E-state index in [1.807, 2.05) is 36.4 Å². The Morgan fingerprint density at radius 2 is 2.17 bits per heavy atom. The van der Waals surface area contributed by atoms with Crippen molar-refractivity contribution in [2.75, 3.05) is 18.1 Å². The fourth-order valence-electron chi connectivity index (χ4n) is 3.10. The van der Waals surface area contributed by atoms with Crippen molar-refractivity contribution >= 4 is 17.5 Å². The molecule has 2 aliphatic rings. The van der Waals surface area contributed by atoms with Gasteiger partial charge in [-0.2, -0.15) is 0 Å². The van der Waals surface area contributed by atoms with Gasteiger partial charge >= 0.3 is 0 Å². The van der Waals surface area contributed by atoms with Crippen molar-refractivity contribution in [1.29, 1.82) is 0 Å². The minimum Gasteiger partial charge on any atom is -0.479 e. The molecule has 1 aliphatic carbocycles. The Balaban J connectivity index is 1.59. The smallest absolute Gasteiger partial charge is 0.267 e. The Hall–Kier alpha value is -2.34. The van der Waals surface area contributed by atoms with E-state index in [1.54, 1.807) is 11.8 Å². The summed E-state index contributed by atoms with van der Waals surface area (Å²) in [5.41, 5.74) is 0.703. The van der Waals surface area contributed by atoms with Crippen LogP contribution < -0.4 is 15.0 Å². The SMILES string of the molecule is C[C@@H]1Oc2ccccc2N(CCC(=O)N[C@@H]2C=C[C@H](CO)C2)C1=O. The van der Waals surface area contributed by atoms with Crippen LogP contribution in [0.2, 0.25) is 0 Å². The number of aliphatic hydroxyl groups excluding tert-OH is 1. The number of nitrogens with zero attached hydrogens (tertiary/aromatic N) is 1. The topological polar surface area (TPSA) is 78.9 Å². The molecule has 0 saturated carbocycles. The Morgan fingerprint density at radius 1 is 1.38 bits per heavy atom. The number of ether oxygens (including phenoxy) is 1. The molecule has 0 fully saturated rings. The molecule has 128 valence electrons. The molecule has 0 bridgehead atoms. The van der Waals surface area contributed by atoms with Gasteiger partial charge in [0, 0.05) is 31.5 Å². The van der Waals surface area contributed by atoms with Gasteiger partial charge in [-0.1, -0.05) is 24.3 Å². The van der Waals surface area contributed by atoms with E-state index in [4.69, 9.17) is 9.84 Å². The molecule has 0 spiro atoms. The Labute approximate surface area is 141 Å². The van der Waals surface area contributed by atoms with E-state index < -0.39 is 6.10 Å². The van der Waals surface area contributed by atoms with Gasteiger partial charge in [-0.3, -0.25) is 9.59 Å². The largest absolute Gasteiger partial charge is 0.479 e. The third-order valence-electron chi connectivity index (χ3n) is 4.39. The van der Waals surface area contributed by atoms with Gasteiger partial charge in [0.1, 0.15) is 5.75 Å². The van der Waals surface area contributed by atoms with Crippen molar-refractivity contribution in [2.45, 2.75) is 31.9 Å². The van der Waals surface area contributed by atoms with Crippen LogP contribution in [0.1, 0.15) is 19.8 Å². The molecule has 0 saturated heterocycles. The van der Waals surface area contributed by atoms with Gasteiger partial charge < -0.3 is 20.1 Å². The van der Waals surface area contributed by atoms with Crippen LogP contribution in [0.25, 0.3) is 0 Å². The number of hydrogen-bond donors (Lipinski definition) is 2. The summed E-state index contributed by atoms with van der Waals surface area (Å²) in [4.78, 5) is 26.1. The molecule has 6 nitrogen and oxygen atoms in total. The predicted molar refractivity (Wildman–Crippen MR) is 89.8 cm³/mol. The number of nitrogens with one attached hydrogen (secondary N) is 1. The van der Waals surface area contributed by atoms with E-state index in [-0.39, 0.29) is 36.8 Å². The summed E-state index contributed by atoms with van der Waals surface area (Å²) < 4.78 is 5.59.